The van der Waals surface area contributed by atoms with Gasteiger partial charge in [0.05, 0.1) is 11.3 Å². The van der Waals surface area contributed by atoms with Gasteiger partial charge in [0.2, 0.25) is 11.8 Å². The maximum Gasteiger partial charge on any atom is 0.407 e. The van der Waals surface area contributed by atoms with Crippen molar-refractivity contribution < 1.29 is 19.4 Å². The Balaban J connectivity index is 1.29. The highest BCUT2D eigenvalue weighted by atomic mass is 16.5. The lowest BCUT2D eigenvalue weighted by Crippen LogP contribution is -2.44. The molecule has 216 valence electrons. The lowest BCUT2D eigenvalue weighted by Gasteiger charge is -2.31. The molecule has 3 N–H and O–H groups in total. The molecule has 1 aliphatic rings. The fourth-order valence-corrected chi connectivity index (χ4v) is 5.16. The number of ether oxygens (including phenoxy) is 1. The lowest BCUT2D eigenvalue weighted by molar-refractivity contribution is 0.102. The molecule has 43 heavy (non-hydrogen) atoms. The molecular formula is C32H29N7O4. The zero-order valence-electron chi connectivity index (χ0n) is 23.4. The number of rotatable bonds is 7. The topological polar surface area (TPSA) is 142 Å². The predicted molar refractivity (Wildman–Crippen MR) is 162 cm³/mol. The largest absolute Gasteiger partial charge is 0.465 e. The van der Waals surface area contributed by atoms with Crippen LogP contribution in [0.5, 0.6) is 11.6 Å². The van der Waals surface area contributed by atoms with Crippen molar-refractivity contribution >= 4 is 34.4 Å². The number of aryl methyl sites for hydroxylation is 1. The van der Waals surface area contributed by atoms with Crippen LogP contribution in [0.4, 0.5) is 16.4 Å². The summed E-state index contributed by atoms with van der Waals surface area (Å²) in [6.45, 7) is 2.85. The van der Waals surface area contributed by atoms with E-state index < -0.39 is 6.09 Å². The molecule has 0 unspecified atom stereocenters. The fraction of sp³-hybridized carbons (Fsp3) is 0.188. The molecule has 2 amide bonds. The molecule has 1 aliphatic heterocycles. The molecule has 0 saturated carbocycles. The zero-order valence-corrected chi connectivity index (χ0v) is 23.4. The number of piperidine rings is 1. The van der Waals surface area contributed by atoms with Crippen molar-refractivity contribution in [3.8, 4) is 22.9 Å². The lowest BCUT2D eigenvalue weighted by atomic mass is 10.0. The number of fused-ring (bicyclic) bond motifs is 1. The van der Waals surface area contributed by atoms with Gasteiger partial charge in [-0.15, -0.1) is 0 Å². The molecule has 6 rings (SSSR count). The number of aromatic nitrogens is 4. The van der Waals surface area contributed by atoms with Crippen molar-refractivity contribution in [2.45, 2.75) is 25.8 Å². The number of carbonyl (C=O) groups excluding carboxylic acids is 1. The molecule has 0 bridgehead atoms. The Morgan fingerprint density at radius 2 is 1.81 bits per heavy atom. The normalized spacial score (nSPS) is 14.7. The Hall–Kier alpha value is -5.58. The Morgan fingerprint density at radius 1 is 0.930 bits per heavy atom. The summed E-state index contributed by atoms with van der Waals surface area (Å²) >= 11 is 0. The molecular weight excluding hydrogens is 546 g/mol. The van der Waals surface area contributed by atoms with Gasteiger partial charge in [0.15, 0.2) is 0 Å². The number of nitrogens with zero attached hydrogens (tertiary/aromatic N) is 5. The average Bonchev–Trinajstić information content (AvgIpc) is 3.03. The summed E-state index contributed by atoms with van der Waals surface area (Å²) in [6, 6.07) is 20.1. The molecule has 0 aliphatic carbocycles. The Morgan fingerprint density at radius 3 is 2.65 bits per heavy atom. The van der Waals surface area contributed by atoms with Crippen molar-refractivity contribution in [3.63, 3.8) is 0 Å². The second-order valence-electron chi connectivity index (χ2n) is 10.2. The molecule has 5 aromatic rings. The summed E-state index contributed by atoms with van der Waals surface area (Å²) in [5.74, 6) is 1.06. The van der Waals surface area contributed by atoms with E-state index >= 15 is 0 Å². The van der Waals surface area contributed by atoms with Crippen LogP contribution in [0.25, 0.3) is 22.0 Å². The first-order valence-electron chi connectivity index (χ1n) is 13.9. The first kappa shape index (κ1) is 27.6. The molecule has 11 heteroatoms. The van der Waals surface area contributed by atoms with Crippen LogP contribution in [0, 0.1) is 6.92 Å². The summed E-state index contributed by atoms with van der Waals surface area (Å²) in [5, 5.41) is 17.2. The van der Waals surface area contributed by atoms with Gasteiger partial charge in [-0.3, -0.25) is 9.78 Å². The number of hydrogen-bond acceptors (Lipinski definition) is 8. The van der Waals surface area contributed by atoms with E-state index in [4.69, 9.17) is 9.72 Å². The minimum atomic E-state index is -0.926. The minimum absolute atomic E-state index is 0.0876. The van der Waals surface area contributed by atoms with E-state index in [0.717, 1.165) is 29.2 Å². The molecule has 11 nitrogen and oxygen atoms in total. The summed E-state index contributed by atoms with van der Waals surface area (Å²) in [7, 11) is 0. The highest BCUT2D eigenvalue weighted by Crippen LogP contribution is 2.38. The fourth-order valence-electron chi connectivity index (χ4n) is 5.16. The SMILES string of the molecule is Cc1ccc2c(NC(=O)c3ccccn3)cccc2c1Oc1ncccc1-c1ccnc(N[C@H]2CCCN(C(=O)O)C2)n1. The molecule has 0 radical (unpaired) electrons. The zero-order chi connectivity index (χ0) is 29.8. The molecule has 3 aromatic heterocycles. The smallest absolute Gasteiger partial charge is 0.407 e. The number of carbonyl (C=O) groups is 2. The van der Waals surface area contributed by atoms with Gasteiger partial charge in [-0.25, -0.2) is 19.7 Å². The molecule has 1 atom stereocenters. The first-order valence-corrected chi connectivity index (χ1v) is 13.9. The van der Waals surface area contributed by atoms with Gasteiger partial charge in [-0.05, 0) is 61.7 Å². The molecule has 1 saturated heterocycles. The van der Waals surface area contributed by atoms with Crippen LogP contribution in [0.3, 0.4) is 0 Å². The third kappa shape index (κ3) is 6.05. The minimum Gasteiger partial charge on any atom is -0.465 e. The van der Waals surface area contributed by atoms with Crippen LogP contribution in [-0.2, 0) is 0 Å². The third-order valence-electron chi connectivity index (χ3n) is 7.28. The van der Waals surface area contributed by atoms with E-state index in [1.807, 2.05) is 49.4 Å². The Labute approximate surface area is 247 Å². The Bertz CT molecular complexity index is 1800. The van der Waals surface area contributed by atoms with Crippen LogP contribution in [0.15, 0.2) is 85.3 Å². The number of anilines is 2. The molecule has 0 spiro atoms. The summed E-state index contributed by atoms with van der Waals surface area (Å²) in [4.78, 5) is 43.4. The van der Waals surface area contributed by atoms with Crippen LogP contribution in [-0.4, -0.2) is 61.1 Å². The second-order valence-corrected chi connectivity index (χ2v) is 10.2. The number of hydrogen-bond donors (Lipinski definition) is 3. The van der Waals surface area contributed by atoms with E-state index in [1.54, 1.807) is 42.9 Å². The molecule has 1 fully saturated rings. The van der Waals surface area contributed by atoms with Gasteiger partial charge in [0, 0.05) is 54.2 Å². The number of amides is 2. The maximum absolute atomic E-state index is 12.8. The standard InChI is InChI=1S/C32H29N7O4/c1-20-12-13-22-23(8-4-11-25(22)37-29(40)27-10-2-3-15-33-27)28(20)43-30-24(9-5-16-34-30)26-14-17-35-31(38-26)36-21-7-6-18-39(19-21)32(41)42/h2-5,8-17,21H,6-7,18-19H2,1H3,(H,37,40)(H,41,42)(H,35,36,38)/t21-/m0/s1. The van der Waals surface area contributed by atoms with E-state index in [-0.39, 0.29) is 11.9 Å². The van der Waals surface area contributed by atoms with Gasteiger partial charge in [0.25, 0.3) is 5.91 Å². The quantitative estimate of drug-likeness (QED) is 0.213. The van der Waals surface area contributed by atoms with Crippen LogP contribution >= 0.6 is 0 Å². The van der Waals surface area contributed by atoms with Gasteiger partial charge >= 0.3 is 6.09 Å². The van der Waals surface area contributed by atoms with Gasteiger partial charge < -0.3 is 25.4 Å². The maximum atomic E-state index is 12.8. The third-order valence-corrected chi connectivity index (χ3v) is 7.28. The first-order chi connectivity index (χ1) is 21.0. The van der Waals surface area contributed by atoms with E-state index in [1.165, 1.54) is 4.90 Å². The second kappa shape index (κ2) is 12.1. The van der Waals surface area contributed by atoms with Crippen LogP contribution in [0.1, 0.15) is 28.9 Å². The van der Waals surface area contributed by atoms with Crippen molar-refractivity contribution in [3.05, 3.63) is 96.6 Å². The molecule has 4 heterocycles. The number of benzene rings is 2. The van der Waals surface area contributed by atoms with E-state index in [9.17, 15) is 14.7 Å². The molecule has 2 aromatic carbocycles. The van der Waals surface area contributed by atoms with Crippen molar-refractivity contribution in [1.29, 1.82) is 0 Å². The Kier molecular flexibility index (Phi) is 7.77. The highest BCUT2D eigenvalue weighted by molar-refractivity contribution is 6.09. The van der Waals surface area contributed by atoms with Crippen LogP contribution in [0.2, 0.25) is 0 Å². The summed E-state index contributed by atoms with van der Waals surface area (Å²) in [5.41, 5.74) is 3.12. The number of pyridine rings is 2. The predicted octanol–water partition coefficient (Wildman–Crippen LogP) is 5.99. The monoisotopic (exact) mass is 575 g/mol. The summed E-state index contributed by atoms with van der Waals surface area (Å²) in [6.07, 6.45) is 5.55. The number of likely N-dealkylation sites (tertiary alicyclic amines) is 1. The number of nitrogens with one attached hydrogen (secondary N) is 2. The van der Waals surface area contributed by atoms with Gasteiger partial charge in [-0.2, -0.15) is 0 Å². The van der Waals surface area contributed by atoms with Crippen molar-refractivity contribution in [2.75, 3.05) is 23.7 Å². The summed E-state index contributed by atoms with van der Waals surface area (Å²) < 4.78 is 6.49. The van der Waals surface area contributed by atoms with E-state index in [0.29, 0.717) is 53.3 Å². The average molecular weight is 576 g/mol. The number of carboxylic acid groups (broad SMARTS) is 1. The van der Waals surface area contributed by atoms with Crippen molar-refractivity contribution in [1.82, 2.24) is 24.8 Å². The van der Waals surface area contributed by atoms with Gasteiger partial charge in [0.1, 0.15) is 11.4 Å². The highest BCUT2D eigenvalue weighted by Gasteiger charge is 2.24. The van der Waals surface area contributed by atoms with Crippen molar-refractivity contribution in [2.24, 2.45) is 0 Å². The van der Waals surface area contributed by atoms with Crippen LogP contribution < -0.4 is 15.4 Å². The van der Waals surface area contributed by atoms with E-state index in [2.05, 4.69) is 25.6 Å². The van der Waals surface area contributed by atoms with Gasteiger partial charge in [-0.1, -0.05) is 30.3 Å².